The molecule has 0 unspecified atom stereocenters. The van der Waals surface area contributed by atoms with E-state index in [2.05, 4.69) is 6.55 Å². The summed E-state index contributed by atoms with van der Waals surface area (Å²) >= 11 is 17.4. The predicted molar refractivity (Wildman–Crippen MR) is 54.8 cm³/mol. The standard InChI is InChI=1S/CH9Cl3Si4/c1-7(5,6)8(2,3)4/h1,5-6H3. The Morgan fingerprint density at radius 3 is 1.25 bits per heavy atom. The van der Waals surface area contributed by atoms with E-state index in [1.165, 1.54) is 0 Å². The molecule has 8 heavy (non-hydrogen) atoms. The lowest BCUT2D eigenvalue weighted by Crippen LogP contribution is -2.52. The molecule has 0 saturated carbocycles. The van der Waals surface area contributed by atoms with Crippen LogP contribution in [0.2, 0.25) is 6.55 Å². The molecular formula is CH9Cl3Si4. The summed E-state index contributed by atoms with van der Waals surface area (Å²) in [5, 5.41) is 0. The Morgan fingerprint density at radius 1 is 1.12 bits per heavy atom. The topological polar surface area (TPSA) is 0 Å². The van der Waals surface area contributed by atoms with Gasteiger partial charge in [0.15, 0.2) is 0 Å². The fourth-order valence-corrected chi connectivity index (χ4v) is 0. The largest absolute Gasteiger partial charge is 0.317 e. The summed E-state index contributed by atoms with van der Waals surface area (Å²) in [5.74, 6) is 0. The van der Waals surface area contributed by atoms with Crippen molar-refractivity contribution in [2.45, 2.75) is 6.55 Å². The first-order chi connectivity index (χ1) is 3.25. The van der Waals surface area contributed by atoms with Gasteiger partial charge in [-0.15, -0.1) is 33.2 Å². The van der Waals surface area contributed by atoms with Gasteiger partial charge in [-0.25, -0.2) is 0 Å². The molecule has 0 aromatic rings. The molecule has 0 spiro atoms. The van der Waals surface area contributed by atoms with Crippen molar-refractivity contribution in [2.75, 3.05) is 0 Å². The van der Waals surface area contributed by atoms with E-state index >= 15 is 0 Å². The normalized spacial score (nSPS) is 21.0. The molecule has 50 valence electrons. The van der Waals surface area contributed by atoms with Gasteiger partial charge in [0.05, 0.1) is 6.63 Å². The van der Waals surface area contributed by atoms with Crippen molar-refractivity contribution in [2.24, 2.45) is 0 Å². The van der Waals surface area contributed by atoms with Gasteiger partial charge in [-0.2, -0.15) is 0 Å². The van der Waals surface area contributed by atoms with Crippen molar-refractivity contribution in [3.05, 3.63) is 0 Å². The number of rotatable bonds is 1. The number of hydrogen-bond donors (Lipinski definition) is 0. The van der Waals surface area contributed by atoms with E-state index in [0.29, 0.717) is 0 Å². The molecule has 0 amide bonds. The summed E-state index contributed by atoms with van der Waals surface area (Å²) in [6.45, 7) is 1.05. The van der Waals surface area contributed by atoms with E-state index < -0.39 is 12.1 Å². The Kier molecular flexibility index (Phi) is 3.37. The van der Waals surface area contributed by atoms with Gasteiger partial charge < -0.3 is 0 Å². The zero-order chi connectivity index (χ0) is 7.00. The lowest BCUT2D eigenvalue weighted by atomic mass is 11.9. The van der Waals surface area contributed by atoms with Crippen LogP contribution >= 0.6 is 33.2 Å². The van der Waals surface area contributed by atoms with E-state index in [1.54, 1.807) is 0 Å². The van der Waals surface area contributed by atoms with E-state index in [9.17, 15) is 0 Å². The molecule has 0 rings (SSSR count). The fourth-order valence-electron chi connectivity index (χ4n) is 0. The van der Waals surface area contributed by atoms with Crippen LogP contribution in [0.15, 0.2) is 0 Å². The summed E-state index contributed by atoms with van der Waals surface area (Å²) in [4.78, 5) is 0. The van der Waals surface area contributed by atoms with Crippen LogP contribution in [-0.2, 0) is 0 Å². The second-order valence-corrected chi connectivity index (χ2v) is 51.7. The third-order valence-corrected chi connectivity index (χ3v) is 53.6. The van der Waals surface area contributed by atoms with Gasteiger partial charge in [0.25, 0.3) is 0 Å². The highest BCUT2D eigenvalue weighted by atomic mass is 35.8. The van der Waals surface area contributed by atoms with Crippen LogP contribution in [0, 0.1) is 0 Å². The summed E-state index contributed by atoms with van der Waals surface area (Å²) in [6, 6.07) is 0. The Morgan fingerprint density at radius 2 is 1.25 bits per heavy atom. The molecule has 0 aromatic heterocycles. The van der Waals surface area contributed by atoms with Crippen molar-refractivity contribution in [3.8, 4) is 0 Å². The van der Waals surface area contributed by atoms with E-state index in [0.717, 1.165) is 19.5 Å². The molecule has 0 aliphatic rings. The quantitative estimate of drug-likeness (QED) is 0.429. The van der Waals surface area contributed by atoms with E-state index in [4.69, 9.17) is 33.2 Å². The molecule has 0 aliphatic carbocycles. The van der Waals surface area contributed by atoms with Crippen LogP contribution in [0.1, 0.15) is 0 Å². The smallest absolute Gasteiger partial charge is 0.130 e. The van der Waals surface area contributed by atoms with Crippen LogP contribution in [0.4, 0.5) is 0 Å². The van der Waals surface area contributed by atoms with Crippen LogP contribution in [0.3, 0.4) is 0 Å². The first kappa shape index (κ1) is 9.74. The van der Waals surface area contributed by atoms with E-state index in [1.807, 2.05) is 0 Å². The van der Waals surface area contributed by atoms with Gasteiger partial charge >= 0.3 is 5.52 Å². The Bertz CT molecular complexity index is 66.3. The predicted octanol–water partition coefficient (Wildman–Crippen LogP) is -0.477. The molecule has 0 radical (unpaired) electrons. The molecule has 0 aromatic carbocycles. The number of hydrogen-bond acceptors (Lipinski definition) is 0. The zero-order valence-corrected chi connectivity index (χ0v) is 13.4. The van der Waals surface area contributed by atoms with Gasteiger partial charge in [0, 0.05) is 0 Å². The summed E-state index contributed by atoms with van der Waals surface area (Å²) < 4.78 is 0. The van der Waals surface area contributed by atoms with E-state index in [-0.39, 0.29) is 0 Å². The fraction of sp³-hybridized carbons (Fsp3) is 1.00. The molecule has 7 heteroatoms. The highest BCUT2D eigenvalue weighted by Gasteiger charge is 2.41. The second-order valence-electron chi connectivity index (χ2n) is 2.75. The van der Waals surface area contributed by atoms with Gasteiger partial charge in [-0.1, -0.05) is 6.55 Å². The van der Waals surface area contributed by atoms with Crippen LogP contribution < -0.4 is 0 Å². The average molecular weight is 240 g/mol. The lowest BCUT2D eigenvalue weighted by Gasteiger charge is -2.22. The number of halogens is 3. The zero-order valence-electron chi connectivity index (χ0n) is 5.13. The Labute approximate surface area is 71.2 Å². The van der Waals surface area contributed by atoms with Crippen molar-refractivity contribution >= 4 is 64.9 Å². The molecule has 0 N–H and O–H groups in total. The van der Waals surface area contributed by atoms with Crippen molar-refractivity contribution in [1.29, 1.82) is 0 Å². The van der Waals surface area contributed by atoms with Gasteiger partial charge in [0.1, 0.15) is 0 Å². The Hall–Kier alpha value is 1.74. The molecule has 0 aliphatic heterocycles. The van der Waals surface area contributed by atoms with Crippen LogP contribution in [-0.4, -0.2) is 31.7 Å². The minimum absolute atomic E-state index is 1.15. The molecule has 0 atom stereocenters. The summed E-state index contributed by atoms with van der Waals surface area (Å²) in [7, 11) is 2.31. The van der Waals surface area contributed by atoms with Crippen LogP contribution in [0.25, 0.3) is 0 Å². The maximum absolute atomic E-state index is 5.81. The Balaban J connectivity index is 4.02. The SMILES string of the molecule is C[Si]([SiH3])([SiH3])[Si](Cl)(Cl)Cl. The van der Waals surface area contributed by atoms with Crippen LogP contribution in [0.5, 0.6) is 0 Å². The van der Waals surface area contributed by atoms with Gasteiger partial charge in [-0.3, -0.25) is 0 Å². The highest BCUT2D eigenvalue weighted by Crippen LogP contribution is 2.26. The van der Waals surface area contributed by atoms with Crippen molar-refractivity contribution < 1.29 is 0 Å². The van der Waals surface area contributed by atoms with Gasteiger partial charge in [0.2, 0.25) is 0 Å². The second kappa shape index (κ2) is 2.77. The maximum Gasteiger partial charge on any atom is 0.317 e. The minimum atomic E-state index is -2.18. The lowest BCUT2D eigenvalue weighted by molar-refractivity contribution is 2.29. The molecule has 0 nitrogen and oxygen atoms in total. The van der Waals surface area contributed by atoms with Crippen molar-refractivity contribution in [3.63, 3.8) is 0 Å². The van der Waals surface area contributed by atoms with Crippen molar-refractivity contribution in [1.82, 2.24) is 0 Å². The minimum Gasteiger partial charge on any atom is -0.130 e. The maximum atomic E-state index is 5.81. The molecule has 0 saturated heterocycles. The first-order valence-electron chi connectivity index (χ1n) is 2.32. The monoisotopic (exact) mass is 238 g/mol. The summed E-state index contributed by atoms with van der Waals surface area (Å²) in [6.07, 6.45) is 0. The molecule has 0 fully saturated rings. The third-order valence-electron chi connectivity index (χ3n) is 0.850. The first-order valence-corrected chi connectivity index (χ1v) is 17.9. The molecule has 0 heterocycles. The highest BCUT2D eigenvalue weighted by molar-refractivity contribution is 8.01. The third kappa shape index (κ3) is 3.05. The van der Waals surface area contributed by atoms with Gasteiger partial charge in [-0.05, 0) is 19.5 Å². The molecule has 0 bridgehead atoms. The molecular weight excluding hydrogens is 231 g/mol. The summed E-state index contributed by atoms with van der Waals surface area (Å²) in [5.41, 5.74) is -2.18. The average Bonchev–Trinajstić information content (AvgIpc) is 1.25.